The van der Waals surface area contributed by atoms with Crippen LogP contribution >= 0.6 is 0 Å². The predicted octanol–water partition coefficient (Wildman–Crippen LogP) is 4.01. The van der Waals surface area contributed by atoms with Gasteiger partial charge in [-0.2, -0.15) is 0 Å². The van der Waals surface area contributed by atoms with Gasteiger partial charge in [0.25, 0.3) is 0 Å². The van der Waals surface area contributed by atoms with Crippen molar-refractivity contribution in [1.29, 1.82) is 0 Å². The second kappa shape index (κ2) is 6.04. The molecule has 0 fully saturated rings. The van der Waals surface area contributed by atoms with Gasteiger partial charge >= 0.3 is 0 Å². The van der Waals surface area contributed by atoms with Crippen molar-refractivity contribution in [3.8, 4) is 17.2 Å². The van der Waals surface area contributed by atoms with Gasteiger partial charge in [-0.05, 0) is 36.8 Å². The number of fused-ring (bicyclic) bond motifs is 1. The first-order valence-corrected chi connectivity index (χ1v) is 7.19. The van der Waals surface area contributed by atoms with E-state index in [9.17, 15) is 5.11 Å². The highest BCUT2D eigenvalue weighted by atomic mass is 16.5. The molecule has 23 heavy (non-hydrogen) atoms. The SMILES string of the molecule is COc1cc2nccc(Nc3cc(C)cc(O)c3)c2cc1OC. The number of phenols is 1. The quantitative estimate of drug-likeness (QED) is 0.762. The van der Waals surface area contributed by atoms with Crippen molar-refractivity contribution in [2.24, 2.45) is 0 Å². The minimum Gasteiger partial charge on any atom is -0.508 e. The highest BCUT2D eigenvalue weighted by Crippen LogP contribution is 2.35. The molecule has 0 amide bonds. The van der Waals surface area contributed by atoms with Gasteiger partial charge in [0.2, 0.25) is 0 Å². The molecular weight excluding hydrogens is 292 g/mol. The Hall–Kier alpha value is -2.95. The number of nitrogens with zero attached hydrogens (tertiary/aromatic N) is 1. The molecule has 0 saturated heterocycles. The summed E-state index contributed by atoms with van der Waals surface area (Å²) >= 11 is 0. The monoisotopic (exact) mass is 310 g/mol. The fourth-order valence-corrected chi connectivity index (χ4v) is 2.57. The largest absolute Gasteiger partial charge is 0.508 e. The van der Waals surface area contributed by atoms with Crippen LogP contribution < -0.4 is 14.8 Å². The minimum atomic E-state index is 0.227. The third-order valence-corrected chi connectivity index (χ3v) is 3.59. The van der Waals surface area contributed by atoms with Crippen molar-refractivity contribution >= 4 is 22.3 Å². The molecule has 0 aliphatic rings. The molecule has 3 rings (SSSR count). The first kappa shape index (κ1) is 15.0. The molecule has 0 unspecified atom stereocenters. The number of nitrogens with one attached hydrogen (secondary N) is 1. The highest BCUT2D eigenvalue weighted by molar-refractivity contribution is 5.95. The number of ether oxygens (including phenoxy) is 2. The number of methoxy groups -OCH3 is 2. The number of hydrogen-bond acceptors (Lipinski definition) is 5. The number of rotatable bonds is 4. The number of hydrogen-bond donors (Lipinski definition) is 2. The summed E-state index contributed by atoms with van der Waals surface area (Å²) in [7, 11) is 3.20. The van der Waals surface area contributed by atoms with E-state index in [1.54, 1.807) is 32.5 Å². The first-order chi connectivity index (χ1) is 11.1. The summed E-state index contributed by atoms with van der Waals surface area (Å²) < 4.78 is 10.7. The lowest BCUT2D eigenvalue weighted by atomic mass is 10.1. The van der Waals surface area contributed by atoms with Gasteiger partial charge in [-0.15, -0.1) is 0 Å². The number of aryl methyl sites for hydroxylation is 1. The van der Waals surface area contributed by atoms with Gasteiger partial charge in [0.05, 0.1) is 19.7 Å². The molecule has 1 aromatic heterocycles. The van der Waals surface area contributed by atoms with Crippen molar-refractivity contribution < 1.29 is 14.6 Å². The van der Waals surface area contributed by atoms with E-state index in [0.717, 1.165) is 27.8 Å². The van der Waals surface area contributed by atoms with E-state index in [0.29, 0.717) is 11.5 Å². The molecule has 0 saturated carbocycles. The van der Waals surface area contributed by atoms with Gasteiger partial charge < -0.3 is 19.9 Å². The van der Waals surface area contributed by atoms with Crippen LogP contribution in [0.25, 0.3) is 10.9 Å². The first-order valence-electron chi connectivity index (χ1n) is 7.19. The number of anilines is 2. The van der Waals surface area contributed by atoms with Crippen LogP contribution in [0.2, 0.25) is 0 Å². The van der Waals surface area contributed by atoms with E-state index >= 15 is 0 Å². The Labute approximate surface area is 134 Å². The molecule has 2 N–H and O–H groups in total. The van der Waals surface area contributed by atoms with Crippen LogP contribution in [-0.2, 0) is 0 Å². The Balaban J connectivity index is 2.10. The molecule has 5 nitrogen and oxygen atoms in total. The maximum atomic E-state index is 9.75. The Morgan fingerprint density at radius 2 is 1.74 bits per heavy atom. The maximum absolute atomic E-state index is 9.75. The third-order valence-electron chi connectivity index (χ3n) is 3.59. The number of benzene rings is 2. The summed E-state index contributed by atoms with van der Waals surface area (Å²) in [6.07, 6.45) is 1.73. The average molecular weight is 310 g/mol. The standard InChI is InChI=1S/C18H18N2O3/c1-11-6-12(8-13(21)7-11)20-15-4-5-19-16-10-18(23-3)17(22-2)9-14(15)16/h4-10,21H,1-3H3,(H,19,20). The van der Waals surface area contributed by atoms with Crippen LogP contribution in [0.3, 0.4) is 0 Å². The van der Waals surface area contributed by atoms with Crippen LogP contribution in [0.5, 0.6) is 17.2 Å². The number of aromatic hydroxyl groups is 1. The summed E-state index contributed by atoms with van der Waals surface area (Å²) in [5.74, 6) is 1.51. The summed E-state index contributed by atoms with van der Waals surface area (Å²) in [5, 5.41) is 14.0. The van der Waals surface area contributed by atoms with E-state index in [1.165, 1.54) is 0 Å². The highest BCUT2D eigenvalue weighted by Gasteiger charge is 2.10. The van der Waals surface area contributed by atoms with E-state index in [4.69, 9.17) is 9.47 Å². The molecule has 118 valence electrons. The lowest BCUT2D eigenvalue weighted by molar-refractivity contribution is 0.356. The molecular formula is C18H18N2O3. The van der Waals surface area contributed by atoms with E-state index in [-0.39, 0.29) is 5.75 Å². The van der Waals surface area contributed by atoms with Gasteiger partial charge in [-0.1, -0.05) is 0 Å². The Kier molecular flexibility index (Phi) is 3.93. The van der Waals surface area contributed by atoms with Gasteiger partial charge in [-0.3, -0.25) is 4.98 Å². The second-order valence-electron chi connectivity index (χ2n) is 5.27. The van der Waals surface area contributed by atoms with Crippen molar-refractivity contribution in [3.05, 3.63) is 48.2 Å². The summed E-state index contributed by atoms with van der Waals surface area (Å²) in [5.41, 5.74) is 3.46. The molecule has 1 heterocycles. The Bertz CT molecular complexity index is 842. The molecule has 0 aliphatic carbocycles. The molecule has 0 spiro atoms. The Morgan fingerprint density at radius 1 is 1.00 bits per heavy atom. The summed E-state index contributed by atoms with van der Waals surface area (Å²) in [6, 6.07) is 11.0. The van der Waals surface area contributed by atoms with Gasteiger partial charge in [0, 0.05) is 35.1 Å². The van der Waals surface area contributed by atoms with Gasteiger partial charge in [-0.25, -0.2) is 0 Å². The zero-order valence-electron chi connectivity index (χ0n) is 13.3. The zero-order chi connectivity index (χ0) is 16.4. The van der Waals surface area contributed by atoms with Gasteiger partial charge in [0.1, 0.15) is 5.75 Å². The number of pyridine rings is 1. The molecule has 0 radical (unpaired) electrons. The lowest BCUT2D eigenvalue weighted by Gasteiger charge is -2.13. The van der Waals surface area contributed by atoms with Crippen molar-refractivity contribution in [3.63, 3.8) is 0 Å². The normalized spacial score (nSPS) is 10.6. The van der Waals surface area contributed by atoms with E-state index in [1.807, 2.05) is 31.2 Å². The smallest absolute Gasteiger partial charge is 0.162 e. The third kappa shape index (κ3) is 2.99. The number of phenolic OH excluding ortho intramolecular Hbond substituents is 1. The molecule has 0 aliphatic heterocycles. The van der Waals surface area contributed by atoms with Crippen LogP contribution in [0.15, 0.2) is 42.6 Å². The molecule has 2 aromatic carbocycles. The summed E-state index contributed by atoms with van der Waals surface area (Å²) in [4.78, 5) is 4.38. The van der Waals surface area contributed by atoms with E-state index in [2.05, 4.69) is 10.3 Å². The van der Waals surface area contributed by atoms with Crippen molar-refractivity contribution in [2.75, 3.05) is 19.5 Å². The fourth-order valence-electron chi connectivity index (χ4n) is 2.57. The van der Waals surface area contributed by atoms with Crippen molar-refractivity contribution in [2.45, 2.75) is 6.92 Å². The van der Waals surface area contributed by atoms with Crippen LogP contribution in [0, 0.1) is 6.92 Å². The Morgan fingerprint density at radius 3 is 2.43 bits per heavy atom. The molecule has 5 heteroatoms. The molecule has 0 bridgehead atoms. The maximum Gasteiger partial charge on any atom is 0.162 e. The second-order valence-corrected chi connectivity index (χ2v) is 5.27. The fraction of sp³-hybridized carbons (Fsp3) is 0.167. The minimum absolute atomic E-state index is 0.227. The van der Waals surface area contributed by atoms with Crippen LogP contribution in [0.1, 0.15) is 5.56 Å². The predicted molar refractivity (Wildman–Crippen MR) is 91.0 cm³/mol. The number of aromatic nitrogens is 1. The summed E-state index contributed by atoms with van der Waals surface area (Å²) in [6.45, 7) is 1.93. The van der Waals surface area contributed by atoms with Crippen LogP contribution in [0.4, 0.5) is 11.4 Å². The lowest BCUT2D eigenvalue weighted by Crippen LogP contribution is -1.95. The zero-order valence-corrected chi connectivity index (χ0v) is 13.3. The molecule has 3 aromatic rings. The molecule has 0 atom stereocenters. The van der Waals surface area contributed by atoms with Crippen molar-refractivity contribution in [1.82, 2.24) is 4.98 Å². The van der Waals surface area contributed by atoms with Gasteiger partial charge in [0.15, 0.2) is 11.5 Å². The van der Waals surface area contributed by atoms with E-state index < -0.39 is 0 Å². The topological polar surface area (TPSA) is 63.6 Å². The van der Waals surface area contributed by atoms with Crippen LogP contribution in [-0.4, -0.2) is 24.3 Å². The average Bonchev–Trinajstić information content (AvgIpc) is 2.53.